The van der Waals surface area contributed by atoms with Gasteiger partial charge in [-0.25, -0.2) is 0 Å². The molecule has 1 aliphatic rings. The average molecular weight is 353 g/mol. The average Bonchev–Trinajstić information content (AvgIpc) is 2.66. The molecule has 1 atom stereocenters. The molecule has 26 heavy (non-hydrogen) atoms. The molecule has 1 saturated heterocycles. The van der Waals surface area contributed by atoms with E-state index < -0.39 is 0 Å². The number of aryl methyl sites for hydroxylation is 1. The van der Waals surface area contributed by atoms with E-state index in [0.29, 0.717) is 17.7 Å². The van der Waals surface area contributed by atoms with Crippen molar-refractivity contribution in [3.8, 4) is 0 Å². The normalized spacial score (nSPS) is 17.0. The number of rotatable bonds is 5. The number of carbonyl (C=O) groups is 1. The number of carbonyl (C=O) groups excluding carboxylic acids is 1. The first-order valence-corrected chi connectivity index (χ1v) is 8.91. The van der Waals surface area contributed by atoms with Crippen molar-refractivity contribution >= 4 is 17.3 Å². The number of hydrogen-bond acceptors (Lipinski definition) is 4. The molecule has 1 amide bonds. The van der Waals surface area contributed by atoms with Crippen LogP contribution < -0.4 is 10.2 Å². The van der Waals surface area contributed by atoms with Gasteiger partial charge in [0.1, 0.15) is 0 Å². The van der Waals surface area contributed by atoms with Gasteiger partial charge in [0.05, 0.1) is 4.92 Å². The Labute approximate surface area is 153 Å². The minimum atomic E-state index is -0.354. The summed E-state index contributed by atoms with van der Waals surface area (Å²) >= 11 is 0. The molecule has 0 saturated carbocycles. The van der Waals surface area contributed by atoms with Crippen LogP contribution in [0.15, 0.2) is 48.5 Å². The topological polar surface area (TPSA) is 75.5 Å². The van der Waals surface area contributed by atoms with Gasteiger partial charge in [-0.3, -0.25) is 14.9 Å². The minimum Gasteiger partial charge on any atom is -0.367 e. The highest BCUT2D eigenvalue weighted by Gasteiger charge is 2.24. The molecule has 1 heterocycles. The smallest absolute Gasteiger partial charge is 0.272 e. The molecule has 0 aromatic heterocycles. The number of nitro benzene ring substituents is 1. The molecule has 0 bridgehead atoms. The molecule has 1 N–H and O–H groups in total. The number of amides is 1. The van der Waals surface area contributed by atoms with Crippen molar-refractivity contribution in [2.24, 2.45) is 0 Å². The van der Waals surface area contributed by atoms with E-state index in [1.54, 1.807) is 25.1 Å². The Morgan fingerprint density at radius 3 is 2.69 bits per heavy atom. The van der Waals surface area contributed by atoms with E-state index in [0.717, 1.165) is 31.5 Å². The number of nitro groups is 1. The summed E-state index contributed by atoms with van der Waals surface area (Å²) in [5.41, 5.74) is 2.43. The summed E-state index contributed by atoms with van der Waals surface area (Å²) in [7, 11) is 0. The molecule has 6 heteroatoms. The first-order chi connectivity index (χ1) is 12.6. The highest BCUT2D eigenvalue weighted by atomic mass is 16.6. The lowest BCUT2D eigenvalue weighted by Crippen LogP contribution is -2.46. The van der Waals surface area contributed by atoms with E-state index in [1.807, 2.05) is 30.3 Å². The maximum Gasteiger partial charge on any atom is 0.272 e. The van der Waals surface area contributed by atoms with E-state index in [-0.39, 0.29) is 22.6 Å². The van der Waals surface area contributed by atoms with Gasteiger partial charge in [0.2, 0.25) is 0 Å². The van der Waals surface area contributed by atoms with Crippen molar-refractivity contribution in [2.75, 3.05) is 18.0 Å². The van der Waals surface area contributed by atoms with Crippen LogP contribution in [0.25, 0.3) is 0 Å². The van der Waals surface area contributed by atoms with E-state index in [2.05, 4.69) is 10.2 Å². The first-order valence-electron chi connectivity index (χ1n) is 8.91. The maximum atomic E-state index is 12.3. The third-order valence-corrected chi connectivity index (χ3v) is 4.87. The molecule has 3 rings (SSSR count). The molecule has 0 aliphatic carbocycles. The van der Waals surface area contributed by atoms with Gasteiger partial charge in [-0.05, 0) is 50.5 Å². The molecule has 0 radical (unpaired) electrons. The standard InChI is InChI=1S/C20H23N3O3/c1-15-13-17(10-11-19(15)23(25)26)22-12-6-5-9-18(22)14-21-20(24)16-7-3-2-4-8-16/h2-4,7-8,10-11,13,18H,5-6,9,12,14H2,1H3,(H,21,24). The SMILES string of the molecule is Cc1cc(N2CCCCC2CNC(=O)c2ccccc2)ccc1[N+](=O)[O-]. The Balaban J connectivity index is 1.71. The molecular formula is C20H23N3O3. The van der Waals surface area contributed by atoms with Crippen LogP contribution in [0.1, 0.15) is 35.2 Å². The highest BCUT2D eigenvalue weighted by Crippen LogP contribution is 2.29. The molecule has 0 spiro atoms. The van der Waals surface area contributed by atoms with E-state index >= 15 is 0 Å². The zero-order valence-corrected chi connectivity index (χ0v) is 14.9. The lowest BCUT2D eigenvalue weighted by molar-refractivity contribution is -0.385. The molecule has 1 unspecified atom stereocenters. The third-order valence-electron chi connectivity index (χ3n) is 4.87. The largest absolute Gasteiger partial charge is 0.367 e. The van der Waals surface area contributed by atoms with Crippen molar-refractivity contribution < 1.29 is 9.72 Å². The van der Waals surface area contributed by atoms with E-state index in [1.165, 1.54) is 0 Å². The van der Waals surface area contributed by atoms with Crippen LogP contribution >= 0.6 is 0 Å². The van der Waals surface area contributed by atoms with Crippen molar-refractivity contribution in [3.05, 3.63) is 69.8 Å². The fourth-order valence-electron chi connectivity index (χ4n) is 3.48. The van der Waals surface area contributed by atoms with Gasteiger partial charge in [-0.2, -0.15) is 0 Å². The molecular weight excluding hydrogens is 330 g/mol. The van der Waals surface area contributed by atoms with Gasteiger partial charge in [-0.15, -0.1) is 0 Å². The van der Waals surface area contributed by atoms with Crippen LogP contribution in [-0.2, 0) is 0 Å². The quantitative estimate of drug-likeness (QED) is 0.657. The number of hydrogen-bond donors (Lipinski definition) is 1. The fraction of sp³-hybridized carbons (Fsp3) is 0.350. The Morgan fingerprint density at radius 2 is 2.00 bits per heavy atom. The number of anilines is 1. The summed E-state index contributed by atoms with van der Waals surface area (Å²) in [6.45, 7) is 3.21. The number of piperidine rings is 1. The number of benzene rings is 2. The van der Waals surface area contributed by atoms with Gasteiger partial charge < -0.3 is 10.2 Å². The Bertz CT molecular complexity index is 792. The van der Waals surface area contributed by atoms with Crippen LogP contribution in [0.5, 0.6) is 0 Å². The predicted molar refractivity (Wildman–Crippen MR) is 102 cm³/mol. The zero-order chi connectivity index (χ0) is 18.5. The highest BCUT2D eigenvalue weighted by molar-refractivity contribution is 5.94. The van der Waals surface area contributed by atoms with Gasteiger partial charge in [0.15, 0.2) is 0 Å². The fourth-order valence-corrected chi connectivity index (χ4v) is 3.48. The summed E-state index contributed by atoms with van der Waals surface area (Å²) < 4.78 is 0. The Hall–Kier alpha value is -2.89. The van der Waals surface area contributed by atoms with Crippen molar-refractivity contribution in [2.45, 2.75) is 32.2 Å². The van der Waals surface area contributed by atoms with Crippen LogP contribution in [0, 0.1) is 17.0 Å². The Kier molecular flexibility index (Phi) is 5.51. The molecule has 1 aliphatic heterocycles. The lowest BCUT2D eigenvalue weighted by atomic mass is 10.00. The monoisotopic (exact) mass is 353 g/mol. The second kappa shape index (κ2) is 7.99. The molecule has 2 aromatic rings. The van der Waals surface area contributed by atoms with E-state index in [4.69, 9.17) is 0 Å². The van der Waals surface area contributed by atoms with Crippen molar-refractivity contribution in [3.63, 3.8) is 0 Å². The van der Waals surface area contributed by atoms with Crippen LogP contribution in [0.3, 0.4) is 0 Å². The second-order valence-electron chi connectivity index (χ2n) is 6.65. The van der Waals surface area contributed by atoms with Gasteiger partial charge in [0.25, 0.3) is 11.6 Å². The third kappa shape index (κ3) is 4.02. The number of nitrogens with zero attached hydrogens (tertiary/aromatic N) is 2. The van der Waals surface area contributed by atoms with Crippen LogP contribution in [0.2, 0.25) is 0 Å². The molecule has 136 valence electrons. The second-order valence-corrected chi connectivity index (χ2v) is 6.65. The summed E-state index contributed by atoms with van der Waals surface area (Å²) in [4.78, 5) is 25.2. The molecule has 6 nitrogen and oxygen atoms in total. The predicted octanol–water partition coefficient (Wildman–Crippen LogP) is 3.69. The molecule has 1 fully saturated rings. The van der Waals surface area contributed by atoms with Gasteiger partial charge in [-0.1, -0.05) is 18.2 Å². The summed E-state index contributed by atoms with van der Waals surface area (Å²) in [6.07, 6.45) is 3.19. The minimum absolute atomic E-state index is 0.0731. The summed E-state index contributed by atoms with van der Waals surface area (Å²) in [6, 6.07) is 14.6. The van der Waals surface area contributed by atoms with Crippen molar-refractivity contribution in [1.29, 1.82) is 0 Å². The first kappa shape index (κ1) is 17.9. The zero-order valence-electron chi connectivity index (χ0n) is 14.9. The summed E-state index contributed by atoms with van der Waals surface area (Å²) in [5, 5.41) is 14.1. The number of nitrogens with one attached hydrogen (secondary N) is 1. The molecule has 2 aromatic carbocycles. The van der Waals surface area contributed by atoms with Crippen molar-refractivity contribution in [1.82, 2.24) is 5.32 Å². The van der Waals surface area contributed by atoms with E-state index in [9.17, 15) is 14.9 Å². The van der Waals surface area contributed by atoms with Gasteiger partial charge >= 0.3 is 0 Å². The lowest BCUT2D eigenvalue weighted by Gasteiger charge is -2.37. The van der Waals surface area contributed by atoms with Gasteiger partial charge in [0, 0.05) is 42.0 Å². The summed E-state index contributed by atoms with van der Waals surface area (Å²) in [5.74, 6) is -0.0731. The van der Waals surface area contributed by atoms with Crippen LogP contribution in [-0.4, -0.2) is 30.0 Å². The Morgan fingerprint density at radius 1 is 1.23 bits per heavy atom. The van der Waals surface area contributed by atoms with Crippen LogP contribution in [0.4, 0.5) is 11.4 Å². The maximum absolute atomic E-state index is 12.3.